The molecule has 2 N–H and O–H groups in total. The summed E-state index contributed by atoms with van der Waals surface area (Å²) >= 11 is 1.43. The van der Waals surface area contributed by atoms with E-state index >= 15 is 0 Å². The Morgan fingerprint density at radius 3 is 2.19 bits per heavy atom. The fraction of sp³-hybridized carbons (Fsp3) is 0.321. The summed E-state index contributed by atoms with van der Waals surface area (Å²) in [5.41, 5.74) is 2.74. The topological polar surface area (TPSA) is 84.5 Å². The average Bonchev–Trinajstić information content (AvgIpc) is 3.21. The van der Waals surface area contributed by atoms with Gasteiger partial charge in [0.2, 0.25) is 0 Å². The molecule has 8 heteroatoms. The Morgan fingerprint density at radius 2 is 1.58 bits per heavy atom. The Bertz CT molecular complexity index is 1290. The van der Waals surface area contributed by atoms with Crippen LogP contribution in [0.5, 0.6) is 0 Å². The standard InChI is InChI=1S/C28H29FN2O4S/c1-28(2,3)18-9-14-21-22(15-18)36-26(31-24(32)16-5-10-19(29)11-6-16)23(21)25(33)30-20-12-7-17(8-13-20)27(34)35-4/h5-8,10-13,18H,9,14-15H2,1-4H3,(H,30,33)(H,31,32)/t18-/m0/s1. The second-order valence-corrected chi connectivity index (χ2v) is 11.1. The predicted octanol–water partition coefficient (Wildman–Crippen LogP) is 6.33. The Kier molecular flexibility index (Phi) is 7.26. The molecule has 1 aromatic heterocycles. The first-order chi connectivity index (χ1) is 17.1. The molecule has 4 rings (SSSR count). The number of anilines is 2. The van der Waals surface area contributed by atoms with Gasteiger partial charge in [-0.1, -0.05) is 20.8 Å². The summed E-state index contributed by atoms with van der Waals surface area (Å²) < 4.78 is 18.0. The number of halogens is 1. The number of ether oxygens (including phenoxy) is 1. The van der Waals surface area contributed by atoms with Crippen molar-refractivity contribution in [2.75, 3.05) is 17.7 Å². The van der Waals surface area contributed by atoms with Crippen molar-refractivity contribution < 1.29 is 23.5 Å². The van der Waals surface area contributed by atoms with E-state index < -0.39 is 17.7 Å². The van der Waals surface area contributed by atoms with E-state index in [1.807, 2.05) is 0 Å². The van der Waals surface area contributed by atoms with E-state index in [0.717, 1.165) is 29.7 Å². The number of hydrogen-bond donors (Lipinski definition) is 2. The second kappa shape index (κ2) is 10.2. The zero-order chi connectivity index (χ0) is 26.0. The molecule has 0 spiro atoms. The highest BCUT2D eigenvalue weighted by Gasteiger charge is 2.34. The van der Waals surface area contributed by atoms with E-state index in [4.69, 9.17) is 4.74 Å². The van der Waals surface area contributed by atoms with E-state index in [0.29, 0.717) is 33.3 Å². The summed E-state index contributed by atoms with van der Waals surface area (Å²) in [6.07, 6.45) is 2.53. The highest BCUT2D eigenvalue weighted by molar-refractivity contribution is 7.17. The van der Waals surface area contributed by atoms with Crippen LogP contribution >= 0.6 is 11.3 Å². The molecule has 0 unspecified atom stereocenters. The van der Waals surface area contributed by atoms with E-state index in [-0.39, 0.29) is 11.3 Å². The van der Waals surface area contributed by atoms with Gasteiger partial charge < -0.3 is 15.4 Å². The quantitative estimate of drug-likeness (QED) is 0.395. The normalized spacial score (nSPS) is 15.1. The van der Waals surface area contributed by atoms with Crippen molar-refractivity contribution in [1.82, 2.24) is 0 Å². The third-order valence-corrected chi connectivity index (χ3v) is 7.78. The van der Waals surface area contributed by atoms with Crippen LogP contribution in [-0.4, -0.2) is 24.9 Å². The van der Waals surface area contributed by atoms with Crippen LogP contribution in [0.3, 0.4) is 0 Å². The van der Waals surface area contributed by atoms with Crippen molar-refractivity contribution in [3.05, 3.63) is 81.5 Å². The van der Waals surface area contributed by atoms with Gasteiger partial charge in [0.1, 0.15) is 10.8 Å². The minimum absolute atomic E-state index is 0.128. The van der Waals surface area contributed by atoms with Gasteiger partial charge in [-0.15, -0.1) is 11.3 Å². The van der Waals surface area contributed by atoms with Gasteiger partial charge in [-0.2, -0.15) is 0 Å². The lowest BCUT2D eigenvalue weighted by molar-refractivity contribution is 0.0600. The first kappa shape index (κ1) is 25.6. The maximum absolute atomic E-state index is 13.5. The molecule has 36 heavy (non-hydrogen) atoms. The van der Waals surface area contributed by atoms with Crippen molar-refractivity contribution >= 4 is 39.8 Å². The first-order valence-corrected chi connectivity index (χ1v) is 12.6. The molecule has 3 aromatic rings. The van der Waals surface area contributed by atoms with Crippen LogP contribution < -0.4 is 10.6 Å². The number of carbonyl (C=O) groups excluding carboxylic acids is 3. The third kappa shape index (κ3) is 5.49. The van der Waals surface area contributed by atoms with E-state index in [1.165, 1.54) is 42.7 Å². The number of fused-ring (bicyclic) bond motifs is 1. The van der Waals surface area contributed by atoms with Crippen molar-refractivity contribution in [2.24, 2.45) is 11.3 Å². The van der Waals surface area contributed by atoms with Crippen LogP contribution in [0.4, 0.5) is 15.1 Å². The summed E-state index contributed by atoms with van der Waals surface area (Å²) in [5.74, 6) is -1.16. The molecular weight excluding hydrogens is 479 g/mol. The number of carbonyl (C=O) groups is 3. The number of rotatable bonds is 5. The van der Waals surface area contributed by atoms with Crippen LogP contribution in [-0.2, 0) is 17.6 Å². The lowest BCUT2D eigenvalue weighted by atomic mass is 9.72. The summed E-state index contributed by atoms with van der Waals surface area (Å²) in [6.45, 7) is 6.66. The fourth-order valence-corrected chi connectivity index (χ4v) is 5.75. The Hall–Kier alpha value is -3.52. The molecule has 2 amide bonds. The van der Waals surface area contributed by atoms with Gasteiger partial charge in [0.15, 0.2) is 0 Å². The summed E-state index contributed by atoms with van der Waals surface area (Å²) in [7, 11) is 1.31. The number of methoxy groups -OCH3 is 1. The molecule has 1 aliphatic rings. The van der Waals surface area contributed by atoms with Crippen LogP contribution in [0.2, 0.25) is 0 Å². The van der Waals surface area contributed by atoms with Gasteiger partial charge in [-0.3, -0.25) is 9.59 Å². The molecule has 0 saturated heterocycles. The highest BCUT2D eigenvalue weighted by atomic mass is 32.1. The molecule has 6 nitrogen and oxygen atoms in total. The zero-order valence-corrected chi connectivity index (χ0v) is 21.6. The Labute approximate surface area is 213 Å². The molecule has 0 fully saturated rings. The summed E-state index contributed by atoms with van der Waals surface area (Å²) in [4.78, 5) is 39.2. The molecule has 2 aromatic carbocycles. The smallest absolute Gasteiger partial charge is 0.337 e. The van der Waals surface area contributed by atoms with Crippen LogP contribution in [0.1, 0.15) is 68.7 Å². The minimum atomic E-state index is -0.459. The van der Waals surface area contributed by atoms with Crippen molar-refractivity contribution in [3.63, 3.8) is 0 Å². The lowest BCUT2D eigenvalue weighted by Gasteiger charge is -2.33. The van der Waals surface area contributed by atoms with E-state index in [9.17, 15) is 18.8 Å². The number of thiophene rings is 1. The molecular formula is C28H29FN2O4S. The molecule has 0 bridgehead atoms. The largest absolute Gasteiger partial charge is 0.465 e. The van der Waals surface area contributed by atoms with Crippen LogP contribution in [0, 0.1) is 17.2 Å². The van der Waals surface area contributed by atoms with E-state index in [1.54, 1.807) is 24.3 Å². The second-order valence-electron chi connectivity index (χ2n) is 10.00. The zero-order valence-electron chi connectivity index (χ0n) is 20.7. The number of nitrogens with one attached hydrogen (secondary N) is 2. The van der Waals surface area contributed by atoms with Crippen molar-refractivity contribution in [2.45, 2.75) is 40.0 Å². The molecule has 188 valence electrons. The minimum Gasteiger partial charge on any atom is -0.465 e. The van der Waals surface area contributed by atoms with Crippen LogP contribution in [0.25, 0.3) is 0 Å². The predicted molar refractivity (Wildman–Crippen MR) is 139 cm³/mol. The molecule has 1 atom stereocenters. The number of hydrogen-bond acceptors (Lipinski definition) is 5. The lowest BCUT2D eigenvalue weighted by Crippen LogP contribution is -2.27. The number of esters is 1. The molecule has 0 aliphatic heterocycles. The molecule has 1 heterocycles. The van der Waals surface area contributed by atoms with E-state index in [2.05, 4.69) is 31.4 Å². The molecule has 1 aliphatic carbocycles. The summed E-state index contributed by atoms with van der Waals surface area (Å²) in [6, 6.07) is 11.7. The van der Waals surface area contributed by atoms with Crippen molar-refractivity contribution in [3.8, 4) is 0 Å². The summed E-state index contributed by atoms with van der Waals surface area (Å²) in [5, 5.41) is 6.27. The van der Waals surface area contributed by atoms with Gasteiger partial charge in [-0.05, 0) is 84.7 Å². The van der Waals surface area contributed by atoms with Gasteiger partial charge in [0, 0.05) is 16.1 Å². The van der Waals surface area contributed by atoms with Gasteiger partial charge in [0.05, 0.1) is 18.2 Å². The van der Waals surface area contributed by atoms with Gasteiger partial charge in [-0.25, -0.2) is 9.18 Å². The number of benzene rings is 2. The average molecular weight is 509 g/mol. The van der Waals surface area contributed by atoms with Gasteiger partial charge >= 0.3 is 5.97 Å². The van der Waals surface area contributed by atoms with Crippen molar-refractivity contribution in [1.29, 1.82) is 0 Å². The first-order valence-electron chi connectivity index (χ1n) is 11.8. The number of amides is 2. The third-order valence-electron chi connectivity index (χ3n) is 6.61. The monoisotopic (exact) mass is 508 g/mol. The van der Waals surface area contributed by atoms with Crippen LogP contribution in [0.15, 0.2) is 48.5 Å². The SMILES string of the molecule is COC(=O)c1ccc(NC(=O)c2c(NC(=O)c3ccc(F)cc3)sc3c2CC[C@H](C(C)(C)C)C3)cc1. The maximum Gasteiger partial charge on any atom is 0.337 e. The Balaban J connectivity index is 1.65. The highest BCUT2D eigenvalue weighted by Crippen LogP contribution is 2.44. The van der Waals surface area contributed by atoms with Gasteiger partial charge in [0.25, 0.3) is 11.8 Å². The Morgan fingerprint density at radius 1 is 0.944 bits per heavy atom. The fourth-order valence-electron chi connectivity index (χ4n) is 4.43. The molecule has 0 saturated carbocycles. The maximum atomic E-state index is 13.5. The molecule has 0 radical (unpaired) electrons.